The van der Waals surface area contributed by atoms with Crippen molar-refractivity contribution in [2.24, 2.45) is 23.7 Å². The Morgan fingerprint density at radius 3 is 1.08 bits per heavy atom. The Hall–Kier alpha value is -8.04. The van der Waals surface area contributed by atoms with Crippen molar-refractivity contribution in [2.75, 3.05) is 23.4 Å². The maximum Gasteiger partial charge on any atom is 0.224 e. The van der Waals surface area contributed by atoms with Gasteiger partial charge in [0.15, 0.2) is 23.0 Å². The summed E-state index contributed by atoms with van der Waals surface area (Å²) in [4.78, 5) is 48.6. The van der Waals surface area contributed by atoms with Gasteiger partial charge in [-0.15, -0.1) is 11.8 Å². The molecule has 8 unspecified atom stereocenters. The van der Waals surface area contributed by atoms with Gasteiger partial charge in [0.05, 0.1) is 22.4 Å². The van der Waals surface area contributed by atoms with Crippen molar-refractivity contribution in [1.29, 1.82) is 0 Å². The quantitative estimate of drug-likeness (QED) is 0.0377. The normalized spacial score (nSPS) is 19.0. The molecule has 8 atom stereocenters. The highest BCUT2D eigenvalue weighted by Gasteiger charge is 2.40. The third kappa shape index (κ3) is 19.4. The number of rotatable bonds is 17. The lowest BCUT2D eigenvalue weighted by molar-refractivity contribution is -0.0163. The van der Waals surface area contributed by atoms with Gasteiger partial charge >= 0.3 is 0 Å². The van der Waals surface area contributed by atoms with Gasteiger partial charge in [-0.05, 0) is 261 Å². The van der Waals surface area contributed by atoms with Gasteiger partial charge in [-0.1, -0.05) is 86.5 Å². The lowest BCUT2D eigenvalue weighted by atomic mass is 9.73. The van der Waals surface area contributed by atoms with Crippen LogP contribution in [0.2, 0.25) is 0 Å². The van der Waals surface area contributed by atoms with E-state index in [1.54, 1.807) is 30.4 Å². The monoisotopic (exact) mass is 1420 g/mol. The fourth-order valence-corrected chi connectivity index (χ4v) is 16.9. The minimum absolute atomic E-state index is 0.0176. The van der Waals surface area contributed by atoms with Crippen LogP contribution in [0.3, 0.4) is 0 Å². The number of hydrogen-bond donors (Lipinski definition) is 13. The SMILES string of the molecule is CCCCC(C)(O)C1CCc2c(O)c(O)c(=O)cc(C)c2C1.Cc1cc(=O)c(O)c(O)c2c1CC(C(C)(O)CNc1ccccc1)CC2.Cc1cc(=O)c(O)c(O)c2c1CC(C(C)(O)CSCc1ccccc1)CC2.Cc1cc(=O)c(O)c(O)c2c1CC(C(C)(O)CSc1ccccc1)CC2. The van der Waals surface area contributed by atoms with Crippen LogP contribution < -0.4 is 27.0 Å². The van der Waals surface area contributed by atoms with Gasteiger partial charge in [-0.3, -0.25) is 19.2 Å². The summed E-state index contributed by atoms with van der Waals surface area (Å²) in [5, 5.41) is 127. The number of anilines is 1. The van der Waals surface area contributed by atoms with Gasteiger partial charge in [0.25, 0.3) is 0 Å². The molecule has 7 aromatic rings. The molecule has 17 nitrogen and oxygen atoms in total. The van der Waals surface area contributed by atoms with E-state index in [9.17, 15) is 80.5 Å². The molecule has 542 valence electrons. The summed E-state index contributed by atoms with van der Waals surface area (Å²) in [5.74, 6) is -1.39. The number of benzene rings is 3. The summed E-state index contributed by atoms with van der Waals surface area (Å²) in [5.41, 5.74) is 5.49. The first-order valence-corrected chi connectivity index (χ1v) is 37.1. The molecule has 19 heteroatoms. The van der Waals surface area contributed by atoms with Crippen LogP contribution in [0.25, 0.3) is 0 Å². The van der Waals surface area contributed by atoms with Crippen LogP contribution >= 0.6 is 23.5 Å². The Bertz CT molecular complexity index is 4180. The zero-order valence-corrected chi connectivity index (χ0v) is 61.2. The average molecular weight is 1420 g/mol. The Morgan fingerprint density at radius 1 is 0.406 bits per heavy atom. The molecule has 0 spiro atoms. The van der Waals surface area contributed by atoms with Crippen LogP contribution in [0.15, 0.2) is 139 Å². The highest BCUT2D eigenvalue weighted by molar-refractivity contribution is 7.99. The number of hydrogen-bond acceptors (Lipinski definition) is 19. The lowest BCUT2D eigenvalue weighted by Crippen LogP contribution is -2.44. The van der Waals surface area contributed by atoms with E-state index < -0.39 is 67.1 Å². The van der Waals surface area contributed by atoms with E-state index in [0.717, 1.165) is 86.5 Å². The number of unbranched alkanes of at least 4 members (excludes halogenated alkanes) is 1. The van der Waals surface area contributed by atoms with Gasteiger partial charge in [-0.25, -0.2) is 0 Å². The molecule has 11 rings (SSSR count). The Balaban J connectivity index is 0.000000172. The minimum atomic E-state index is -0.952. The maximum absolute atomic E-state index is 11.9. The molecule has 0 heterocycles. The Kier molecular flexibility index (Phi) is 26.4. The molecule has 0 fully saturated rings. The minimum Gasteiger partial charge on any atom is -0.504 e. The van der Waals surface area contributed by atoms with E-state index in [4.69, 9.17) is 0 Å². The van der Waals surface area contributed by atoms with Crippen molar-refractivity contribution < 1.29 is 61.3 Å². The molecule has 101 heavy (non-hydrogen) atoms. The molecule has 0 aliphatic heterocycles. The second-order valence-electron chi connectivity index (χ2n) is 29.0. The Labute approximate surface area is 600 Å². The van der Waals surface area contributed by atoms with Crippen LogP contribution in [0.4, 0.5) is 5.69 Å². The first-order valence-electron chi connectivity index (χ1n) is 34.9. The van der Waals surface area contributed by atoms with Crippen molar-refractivity contribution >= 4 is 29.2 Å². The largest absolute Gasteiger partial charge is 0.504 e. The second-order valence-corrected chi connectivity index (χ2v) is 31.0. The molecule has 0 aromatic heterocycles. The summed E-state index contributed by atoms with van der Waals surface area (Å²) in [7, 11) is 0. The third-order valence-corrected chi connectivity index (χ3v) is 23.9. The number of aryl methyl sites for hydroxylation is 4. The first kappa shape index (κ1) is 78.7. The smallest absolute Gasteiger partial charge is 0.224 e. The molecule has 0 saturated heterocycles. The zero-order valence-electron chi connectivity index (χ0n) is 59.5. The summed E-state index contributed by atoms with van der Waals surface area (Å²) >= 11 is 3.33. The number of aliphatic hydroxyl groups is 4. The van der Waals surface area contributed by atoms with Crippen LogP contribution in [0.1, 0.15) is 152 Å². The molecule has 13 N–H and O–H groups in total. The van der Waals surface area contributed by atoms with Gasteiger partial charge in [0.1, 0.15) is 0 Å². The lowest BCUT2D eigenvalue weighted by Gasteiger charge is -2.37. The first-order chi connectivity index (χ1) is 47.7. The van der Waals surface area contributed by atoms with Crippen molar-refractivity contribution in [1.82, 2.24) is 0 Å². The van der Waals surface area contributed by atoms with Crippen LogP contribution in [0, 0.1) is 51.4 Å². The van der Waals surface area contributed by atoms with Crippen LogP contribution in [0.5, 0.6) is 46.0 Å². The van der Waals surface area contributed by atoms with Crippen LogP contribution in [-0.4, -0.2) is 102 Å². The zero-order chi connectivity index (χ0) is 73.9. The topological polar surface area (TPSA) is 323 Å². The summed E-state index contributed by atoms with van der Waals surface area (Å²) in [6.45, 7) is 17.2. The number of thioether (sulfide) groups is 2. The Morgan fingerprint density at radius 2 is 0.723 bits per heavy atom. The second kappa shape index (κ2) is 33.8. The molecule has 0 radical (unpaired) electrons. The molecular weight excluding hydrogens is 1320 g/mol. The predicted octanol–water partition coefficient (Wildman–Crippen LogP) is 12.5. The van der Waals surface area contributed by atoms with E-state index in [1.807, 2.05) is 127 Å². The highest BCUT2D eigenvalue weighted by atomic mass is 32.2. The van der Waals surface area contributed by atoms with Gasteiger partial charge in [-0.2, -0.15) is 11.8 Å². The third-order valence-electron chi connectivity index (χ3n) is 21.3. The average Bonchev–Trinajstić information content (AvgIpc) is 1.78. The molecule has 0 saturated carbocycles. The molecule has 7 aromatic carbocycles. The highest BCUT2D eigenvalue weighted by Crippen LogP contribution is 2.45. The fourth-order valence-electron chi connectivity index (χ4n) is 14.6. The molecule has 0 bridgehead atoms. The number of nitrogens with one attached hydrogen (secondary N) is 1. The van der Waals surface area contributed by atoms with E-state index in [2.05, 4.69) is 24.4 Å². The maximum atomic E-state index is 11.9. The van der Waals surface area contributed by atoms with Crippen molar-refractivity contribution in [3.8, 4) is 46.0 Å². The summed E-state index contributed by atoms with van der Waals surface area (Å²) < 4.78 is 0. The molecule has 0 amide bonds. The summed E-state index contributed by atoms with van der Waals surface area (Å²) in [6.07, 6.45) is 10.1. The number of fused-ring (bicyclic) bond motifs is 4. The fraction of sp³-hybridized carbons (Fsp3) is 0.439. The molecule has 4 aliphatic carbocycles. The van der Waals surface area contributed by atoms with E-state index in [1.165, 1.54) is 29.8 Å². The molecular formula is C82H101NO16S2. The van der Waals surface area contributed by atoms with E-state index in [-0.39, 0.29) is 46.7 Å². The van der Waals surface area contributed by atoms with Gasteiger partial charge in [0.2, 0.25) is 44.7 Å². The van der Waals surface area contributed by atoms with Crippen molar-refractivity contribution in [3.63, 3.8) is 0 Å². The van der Waals surface area contributed by atoms with Crippen molar-refractivity contribution in [2.45, 2.75) is 192 Å². The number of para-hydroxylation sites is 1. The number of aromatic hydroxyl groups is 8. The van der Waals surface area contributed by atoms with E-state index >= 15 is 0 Å². The van der Waals surface area contributed by atoms with Crippen molar-refractivity contribution in [3.05, 3.63) is 228 Å². The predicted molar refractivity (Wildman–Crippen MR) is 402 cm³/mol. The van der Waals surface area contributed by atoms with Gasteiger partial charge in [0, 0.05) is 56.6 Å². The van der Waals surface area contributed by atoms with Crippen LogP contribution in [-0.2, 0) is 57.1 Å². The molecule has 4 aliphatic rings. The van der Waals surface area contributed by atoms with Gasteiger partial charge < -0.3 is 66.6 Å². The summed E-state index contributed by atoms with van der Waals surface area (Å²) in [6, 6.07) is 35.3. The van der Waals surface area contributed by atoms with E-state index in [0.29, 0.717) is 111 Å². The standard InChI is InChI=1S/C22H26O4S.C21H25NO4.C21H24O4S.C18H26O4/c1-14-10-19(23)21(25)20(24)17-9-8-16(11-18(14)17)22(2,26)13-27-12-15-6-4-3-5-7-15;1-13-10-18(23)20(25)19(24)16-9-8-14(11-17(13)16)21(2,26)12-22-15-6-4-3-5-7-15;1-13-10-18(22)20(24)19(23)16-9-8-14(11-17(13)16)21(2,25)12-26-15-6-4-3-5-7-15;1-4-5-8-18(3,22)12-6-7-13-14(10-12)11(2)9-15(19)17(21)16(13)20/h3-7,10,16,26H,8-9,11-13H2,1-2H3,(H2,23,24,25);3-7,10,14,22,26H,8-9,11-12H2,1-2H3,(H2,23,24,25);3-7,10,14,25H,8-9,11-12H2,1-2H3,(H2,22,23,24);9,12,22H,4-8,10H2,1-3H3,(H2,19,20,21).